The number of rotatable bonds is 5. The van der Waals surface area contributed by atoms with Crippen LogP contribution in [-0.4, -0.2) is 23.6 Å². The Kier molecular flexibility index (Phi) is 6.09. The highest BCUT2D eigenvalue weighted by atomic mass is 35.5. The highest BCUT2D eigenvalue weighted by Gasteiger charge is 2.12. The molecule has 0 aliphatic heterocycles. The summed E-state index contributed by atoms with van der Waals surface area (Å²) >= 11 is 6.02. The number of aromatic nitrogens is 1. The van der Waals surface area contributed by atoms with E-state index in [-0.39, 0.29) is 22.7 Å². The predicted octanol–water partition coefficient (Wildman–Crippen LogP) is 3.73. The summed E-state index contributed by atoms with van der Waals surface area (Å²) in [7, 11) is 1.28. The van der Waals surface area contributed by atoms with Gasteiger partial charge in [-0.15, -0.1) is 0 Å². The van der Waals surface area contributed by atoms with Crippen molar-refractivity contribution in [2.24, 2.45) is 0 Å². The molecular formula is C21H16ClFN2O4. The van der Waals surface area contributed by atoms with E-state index in [1.54, 1.807) is 12.1 Å². The Labute approximate surface area is 170 Å². The normalized spacial score (nSPS) is 10.4. The van der Waals surface area contributed by atoms with E-state index in [0.717, 1.165) is 0 Å². The van der Waals surface area contributed by atoms with Gasteiger partial charge in [0.15, 0.2) is 0 Å². The summed E-state index contributed by atoms with van der Waals surface area (Å²) in [6, 6.07) is 13.0. The van der Waals surface area contributed by atoms with Gasteiger partial charge in [-0.25, -0.2) is 9.18 Å². The summed E-state index contributed by atoms with van der Waals surface area (Å²) < 4.78 is 19.8. The third-order valence-electron chi connectivity index (χ3n) is 4.20. The van der Waals surface area contributed by atoms with Crippen LogP contribution in [0.2, 0.25) is 5.02 Å². The maximum Gasteiger partial charge on any atom is 0.337 e. The molecule has 3 aromatic rings. The van der Waals surface area contributed by atoms with E-state index in [0.29, 0.717) is 11.3 Å². The van der Waals surface area contributed by atoms with Crippen molar-refractivity contribution in [2.45, 2.75) is 6.54 Å². The number of halogens is 2. The zero-order valence-electron chi connectivity index (χ0n) is 15.3. The first-order valence-electron chi connectivity index (χ1n) is 8.52. The van der Waals surface area contributed by atoms with Gasteiger partial charge in [0, 0.05) is 28.5 Å². The molecule has 0 fully saturated rings. The van der Waals surface area contributed by atoms with Gasteiger partial charge in [0.1, 0.15) is 5.82 Å². The lowest BCUT2D eigenvalue weighted by molar-refractivity contribution is 0.0600. The minimum Gasteiger partial charge on any atom is -0.465 e. The number of hydrogen-bond donors (Lipinski definition) is 1. The van der Waals surface area contributed by atoms with E-state index in [1.807, 2.05) is 0 Å². The van der Waals surface area contributed by atoms with Gasteiger partial charge in [-0.05, 0) is 42.5 Å². The summed E-state index contributed by atoms with van der Waals surface area (Å²) in [5.41, 5.74) is 0.767. The molecule has 0 spiro atoms. The van der Waals surface area contributed by atoms with Crippen LogP contribution in [0, 0.1) is 5.82 Å². The quantitative estimate of drug-likeness (QED) is 0.645. The van der Waals surface area contributed by atoms with Crippen LogP contribution in [0.3, 0.4) is 0 Å². The number of nitrogens with zero attached hydrogens (tertiary/aromatic N) is 1. The first kappa shape index (κ1) is 20.3. The zero-order chi connectivity index (χ0) is 21.0. The Balaban J connectivity index is 1.81. The molecule has 8 heteroatoms. The molecule has 1 heterocycles. The van der Waals surface area contributed by atoms with Crippen molar-refractivity contribution < 1.29 is 18.7 Å². The fraction of sp³-hybridized carbons (Fsp3) is 0.0952. The van der Waals surface area contributed by atoms with Gasteiger partial charge in [0.25, 0.3) is 11.5 Å². The second-order valence-electron chi connectivity index (χ2n) is 6.11. The van der Waals surface area contributed by atoms with Crippen molar-refractivity contribution in [3.05, 3.63) is 98.7 Å². The van der Waals surface area contributed by atoms with Crippen LogP contribution in [0.25, 0.3) is 0 Å². The van der Waals surface area contributed by atoms with Gasteiger partial charge in [-0.3, -0.25) is 9.59 Å². The van der Waals surface area contributed by atoms with Crippen LogP contribution in [-0.2, 0) is 11.3 Å². The molecule has 0 saturated heterocycles. The van der Waals surface area contributed by atoms with Crippen molar-refractivity contribution in [3.8, 4) is 0 Å². The maximum atomic E-state index is 14.0. The Morgan fingerprint density at radius 1 is 1.07 bits per heavy atom. The average Bonchev–Trinajstić information content (AvgIpc) is 2.72. The van der Waals surface area contributed by atoms with Gasteiger partial charge in [0.2, 0.25) is 0 Å². The molecule has 0 atom stereocenters. The largest absolute Gasteiger partial charge is 0.465 e. The number of anilines is 1. The lowest BCUT2D eigenvalue weighted by Gasteiger charge is -2.11. The van der Waals surface area contributed by atoms with Crippen LogP contribution in [0.1, 0.15) is 26.3 Å². The molecule has 148 valence electrons. The second kappa shape index (κ2) is 8.70. The topological polar surface area (TPSA) is 77.4 Å². The summed E-state index contributed by atoms with van der Waals surface area (Å²) in [6.07, 6.45) is 1.34. The monoisotopic (exact) mass is 414 g/mol. The van der Waals surface area contributed by atoms with E-state index < -0.39 is 23.3 Å². The van der Waals surface area contributed by atoms with Gasteiger partial charge in [-0.2, -0.15) is 0 Å². The number of methoxy groups -OCH3 is 1. The highest BCUT2D eigenvalue weighted by Crippen LogP contribution is 2.20. The van der Waals surface area contributed by atoms with Crippen molar-refractivity contribution in [1.82, 2.24) is 4.57 Å². The molecule has 0 unspecified atom stereocenters. The minimum atomic E-state index is -0.537. The third-order valence-corrected chi connectivity index (χ3v) is 4.55. The zero-order valence-corrected chi connectivity index (χ0v) is 16.1. The number of benzene rings is 2. The van der Waals surface area contributed by atoms with Gasteiger partial charge in [-0.1, -0.05) is 17.7 Å². The average molecular weight is 415 g/mol. The number of nitrogens with one attached hydrogen (secondary N) is 1. The fourth-order valence-corrected chi connectivity index (χ4v) is 2.88. The van der Waals surface area contributed by atoms with E-state index in [2.05, 4.69) is 10.1 Å². The van der Waals surface area contributed by atoms with Crippen molar-refractivity contribution >= 4 is 29.2 Å². The van der Waals surface area contributed by atoms with Crippen LogP contribution in [0.5, 0.6) is 0 Å². The summed E-state index contributed by atoms with van der Waals surface area (Å²) in [4.78, 5) is 36.1. The summed E-state index contributed by atoms with van der Waals surface area (Å²) in [5, 5.41) is 2.86. The van der Waals surface area contributed by atoms with Gasteiger partial charge < -0.3 is 14.6 Å². The lowest BCUT2D eigenvalue weighted by atomic mass is 10.2. The number of ether oxygens (including phenoxy) is 1. The van der Waals surface area contributed by atoms with Crippen LogP contribution in [0.4, 0.5) is 10.1 Å². The molecule has 0 radical (unpaired) electrons. The summed E-state index contributed by atoms with van der Waals surface area (Å²) in [5.74, 6) is -1.49. The predicted molar refractivity (Wildman–Crippen MR) is 107 cm³/mol. The SMILES string of the molecule is COC(=O)c1ccc(NC(=O)c2ccc(=O)n(Cc3c(F)cccc3Cl)c2)cc1. The van der Waals surface area contributed by atoms with Crippen molar-refractivity contribution in [3.63, 3.8) is 0 Å². The summed E-state index contributed by atoms with van der Waals surface area (Å²) in [6.45, 7) is -0.112. The molecule has 0 saturated carbocycles. The number of esters is 1. The first-order valence-corrected chi connectivity index (χ1v) is 8.90. The second-order valence-corrected chi connectivity index (χ2v) is 6.51. The molecule has 0 aliphatic rings. The first-order chi connectivity index (χ1) is 13.9. The van der Waals surface area contributed by atoms with E-state index in [1.165, 1.54) is 60.3 Å². The van der Waals surface area contributed by atoms with Crippen LogP contribution < -0.4 is 10.9 Å². The molecule has 6 nitrogen and oxygen atoms in total. The van der Waals surface area contributed by atoms with Crippen LogP contribution >= 0.6 is 11.6 Å². The number of hydrogen-bond acceptors (Lipinski definition) is 4. The molecular weight excluding hydrogens is 399 g/mol. The lowest BCUT2D eigenvalue weighted by Crippen LogP contribution is -2.23. The Morgan fingerprint density at radius 2 is 1.76 bits per heavy atom. The molecule has 3 rings (SSSR count). The van der Waals surface area contributed by atoms with E-state index in [4.69, 9.17) is 11.6 Å². The molecule has 0 aliphatic carbocycles. The van der Waals surface area contributed by atoms with E-state index in [9.17, 15) is 18.8 Å². The molecule has 2 aromatic carbocycles. The van der Waals surface area contributed by atoms with Crippen LogP contribution in [0.15, 0.2) is 65.6 Å². The highest BCUT2D eigenvalue weighted by molar-refractivity contribution is 6.31. The Morgan fingerprint density at radius 3 is 2.41 bits per heavy atom. The third kappa shape index (κ3) is 4.70. The van der Waals surface area contributed by atoms with Gasteiger partial charge in [0.05, 0.1) is 24.8 Å². The molecule has 1 aromatic heterocycles. The Hall–Kier alpha value is -3.45. The minimum absolute atomic E-state index is 0.112. The number of carbonyl (C=O) groups excluding carboxylic acids is 2. The smallest absolute Gasteiger partial charge is 0.337 e. The van der Waals surface area contributed by atoms with E-state index >= 15 is 0 Å². The molecule has 29 heavy (non-hydrogen) atoms. The number of pyridine rings is 1. The fourth-order valence-electron chi connectivity index (χ4n) is 2.65. The standard InChI is InChI=1S/C21H16ClFN2O4/c1-29-21(28)13-5-8-15(9-6-13)24-20(27)14-7-10-19(26)25(11-14)12-16-17(22)3-2-4-18(16)23/h2-11H,12H2,1H3,(H,24,27). The number of carbonyl (C=O) groups is 2. The maximum absolute atomic E-state index is 14.0. The number of amides is 1. The van der Waals surface area contributed by atoms with Crippen molar-refractivity contribution in [2.75, 3.05) is 12.4 Å². The van der Waals surface area contributed by atoms with Gasteiger partial charge >= 0.3 is 5.97 Å². The molecule has 1 N–H and O–H groups in total. The molecule has 1 amide bonds. The Bertz CT molecular complexity index is 1110. The molecule has 0 bridgehead atoms. The van der Waals surface area contributed by atoms with Crippen molar-refractivity contribution in [1.29, 1.82) is 0 Å².